The molecule has 1 aromatic heterocycles. The quantitative estimate of drug-likeness (QED) is 0.775. The number of rotatable bonds is 2. The van der Waals surface area contributed by atoms with Gasteiger partial charge in [-0.2, -0.15) is 0 Å². The fourth-order valence-electron chi connectivity index (χ4n) is 3.53. The number of anilines is 1. The van der Waals surface area contributed by atoms with E-state index in [2.05, 4.69) is 41.3 Å². The van der Waals surface area contributed by atoms with Gasteiger partial charge in [0.15, 0.2) is 0 Å². The third kappa shape index (κ3) is 2.82. The van der Waals surface area contributed by atoms with Gasteiger partial charge in [-0.05, 0) is 47.9 Å². The van der Waals surface area contributed by atoms with Crippen molar-refractivity contribution in [3.63, 3.8) is 0 Å². The van der Waals surface area contributed by atoms with Crippen molar-refractivity contribution in [3.05, 3.63) is 59.8 Å². The van der Waals surface area contributed by atoms with Crippen LogP contribution in [0.5, 0.6) is 5.75 Å². The van der Waals surface area contributed by atoms with Gasteiger partial charge in [-0.1, -0.05) is 12.1 Å². The van der Waals surface area contributed by atoms with E-state index in [1.165, 1.54) is 22.0 Å². The van der Waals surface area contributed by atoms with E-state index in [1.54, 1.807) is 7.11 Å². The van der Waals surface area contributed by atoms with E-state index in [0.717, 1.165) is 17.9 Å². The van der Waals surface area contributed by atoms with Crippen molar-refractivity contribution in [2.45, 2.75) is 13.0 Å². The highest BCUT2D eigenvalue weighted by Gasteiger charge is 2.21. The molecule has 0 radical (unpaired) electrons. The normalized spacial score (nSPS) is 13.6. The number of nitrogens with zero attached hydrogens (tertiary/aromatic N) is 2. The van der Waals surface area contributed by atoms with Gasteiger partial charge in [0.1, 0.15) is 5.75 Å². The van der Waals surface area contributed by atoms with Crippen molar-refractivity contribution < 1.29 is 9.53 Å². The highest BCUT2D eigenvalue weighted by Crippen LogP contribution is 2.29. The topological polar surface area (TPSA) is 46.5 Å². The fourth-order valence-corrected chi connectivity index (χ4v) is 3.53. The number of amides is 2. The number of urea groups is 1. The Kier molecular flexibility index (Phi) is 3.84. The number of hydrogen-bond donors (Lipinski definition) is 1. The van der Waals surface area contributed by atoms with Crippen LogP contribution in [0.3, 0.4) is 0 Å². The Labute approximate surface area is 146 Å². The second-order valence-corrected chi connectivity index (χ2v) is 6.41. The lowest BCUT2D eigenvalue weighted by atomic mass is 10.1. The molecular weight excluding hydrogens is 314 g/mol. The average molecular weight is 335 g/mol. The predicted molar refractivity (Wildman–Crippen MR) is 99.0 cm³/mol. The minimum Gasteiger partial charge on any atom is -0.497 e. The molecule has 2 heterocycles. The van der Waals surface area contributed by atoms with Crippen molar-refractivity contribution in [2.75, 3.05) is 19.0 Å². The zero-order chi connectivity index (χ0) is 17.4. The van der Waals surface area contributed by atoms with Crippen LogP contribution >= 0.6 is 0 Å². The van der Waals surface area contributed by atoms with Gasteiger partial charge >= 0.3 is 6.03 Å². The molecule has 1 N–H and O–H groups in total. The maximum absolute atomic E-state index is 12.7. The Morgan fingerprint density at radius 3 is 2.68 bits per heavy atom. The Morgan fingerprint density at radius 1 is 1.12 bits per heavy atom. The summed E-state index contributed by atoms with van der Waals surface area (Å²) in [5, 5.41) is 4.28. The van der Waals surface area contributed by atoms with E-state index in [9.17, 15) is 4.79 Å². The molecule has 1 aliphatic rings. The first-order valence-electron chi connectivity index (χ1n) is 8.41. The summed E-state index contributed by atoms with van der Waals surface area (Å²) in [5.41, 5.74) is 4.51. The Hall–Kier alpha value is -2.95. The van der Waals surface area contributed by atoms with Gasteiger partial charge in [0.05, 0.1) is 7.11 Å². The zero-order valence-corrected chi connectivity index (χ0v) is 14.5. The summed E-state index contributed by atoms with van der Waals surface area (Å²) < 4.78 is 7.32. The molecule has 0 spiro atoms. The van der Waals surface area contributed by atoms with Crippen LogP contribution in [0.25, 0.3) is 10.9 Å². The number of carbonyl (C=O) groups is 1. The molecule has 0 bridgehead atoms. The Balaban J connectivity index is 1.56. The first-order chi connectivity index (χ1) is 12.2. The Morgan fingerprint density at radius 2 is 1.92 bits per heavy atom. The molecule has 5 heteroatoms. The predicted octanol–water partition coefficient (Wildman–Crippen LogP) is 3.78. The van der Waals surface area contributed by atoms with E-state index in [0.29, 0.717) is 13.1 Å². The van der Waals surface area contributed by atoms with Crippen molar-refractivity contribution in [3.8, 4) is 5.75 Å². The van der Waals surface area contributed by atoms with Crippen molar-refractivity contribution >= 4 is 22.6 Å². The number of aryl methyl sites for hydroxylation is 1. The van der Waals surface area contributed by atoms with Crippen LogP contribution in [-0.2, 0) is 20.0 Å². The van der Waals surface area contributed by atoms with E-state index in [4.69, 9.17) is 4.74 Å². The summed E-state index contributed by atoms with van der Waals surface area (Å²) in [6, 6.07) is 13.6. The molecule has 0 fully saturated rings. The van der Waals surface area contributed by atoms with E-state index < -0.39 is 0 Å². The molecule has 2 amide bonds. The highest BCUT2D eigenvalue weighted by molar-refractivity contribution is 5.91. The average Bonchev–Trinajstić information content (AvgIpc) is 2.84. The first-order valence-corrected chi connectivity index (χ1v) is 8.41. The minimum atomic E-state index is -0.0725. The Bertz CT molecular complexity index is 928. The smallest absolute Gasteiger partial charge is 0.322 e. The monoisotopic (exact) mass is 335 g/mol. The fraction of sp³-hybridized carbons (Fsp3) is 0.250. The summed E-state index contributed by atoms with van der Waals surface area (Å²) in [7, 11) is 3.70. The zero-order valence-electron chi connectivity index (χ0n) is 14.5. The van der Waals surface area contributed by atoms with Crippen LogP contribution in [0, 0.1) is 0 Å². The van der Waals surface area contributed by atoms with Crippen LogP contribution < -0.4 is 10.1 Å². The first kappa shape index (κ1) is 15.6. The maximum atomic E-state index is 12.7. The number of methoxy groups -OCH3 is 1. The molecule has 0 saturated carbocycles. The third-order valence-electron chi connectivity index (χ3n) is 4.82. The summed E-state index contributed by atoms with van der Waals surface area (Å²) in [6.45, 7) is 1.33. The van der Waals surface area contributed by atoms with Crippen LogP contribution in [0.2, 0.25) is 0 Å². The second-order valence-electron chi connectivity index (χ2n) is 6.41. The van der Waals surface area contributed by atoms with Crippen molar-refractivity contribution in [1.29, 1.82) is 0 Å². The lowest BCUT2D eigenvalue weighted by molar-refractivity contribution is 0.210. The molecule has 2 aromatic carbocycles. The number of hydrogen-bond acceptors (Lipinski definition) is 2. The molecular formula is C20H21N3O2. The third-order valence-corrected chi connectivity index (χ3v) is 4.82. The summed E-state index contributed by atoms with van der Waals surface area (Å²) in [6.07, 6.45) is 3.05. The van der Waals surface area contributed by atoms with Crippen LogP contribution in [-0.4, -0.2) is 29.2 Å². The summed E-state index contributed by atoms with van der Waals surface area (Å²) in [4.78, 5) is 14.6. The number of ether oxygens (including phenoxy) is 1. The van der Waals surface area contributed by atoms with Crippen LogP contribution in [0.15, 0.2) is 48.7 Å². The maximum Gasteiger partial charge on any atom is 0.322 e. The number of carbonyl (C=O) groups excluding carboxylic acids is 1. The minimum absolute atomic E-state index is 0.0725. The molecule has 0 saturated heterocycles. The molecule has 1 aliphatic heterocycles. The van der Waals surface area contributed by atoms with Gasteiger partial charge < -0.3 is 19.5 Å². The summed E-state index contributed by atoms with van der Waals surface area (Å²) >= 11 is 0. The van der Waals surface area contributed by atoms with Crippen LogP contribution in [0.1, 0.15) is 11.1 Å². The van der Waals surface area contributed by atoms with Crippen LogP contribution in [0.4, 0.5) is 10.5 Å². The largest absolute Gasteiger partial charge is 0.497 e. The number of aromatic nitrogens is 1. The molecule has 5 nitrogen and oxygen atoms in total. The lowest BCUT2D eigenvalue weighted by Crippen LogP contribution is -2.35. The molecule has 4 rings (SSSR count). The molecule has 0 aliphatic carbocycles. The number of benzene rings is 2. The van der Waals surface area contributed by atoms with Gasteiger partial charge in [-0.15, -0.1) is 0 Å². The van der Waals surface area contributed by atoms with E-state index >= 15 is 0 Å². The molecule has 3 aromatic rings. The van der Waals surface area contributed by atoms with Crippen molar-refractivity contribution in [1.82, 2.24) is 9.47 Å². The second kappa shape index (κ2) is 6.16. The van der Waals surface area contributed by atoms with E-state index in [1.807, 2.05) is 29.2 Å². The summed E-state index contributed by atoms with van der Waals surface area (Å²) in [5.74, 6) is 0.773. The molecule has 128 valence electrons. The highest BCUT2D eigenvalue weighted by atomic mass is 16.5. The molecule has 25 heavy (non-hydrogen) atoms. The SMILES string of the molecule is COc1ccc(NC(=O)N2CCc3cn(C)c4cccc(c34)C2)cc1. The van der Waals surface area contributed by atoms with E-state index in [-0.39, 0.29) is 6.03 Å². The van der Waals surface area contributed by atoms with Gasteiger partial charge in [-0.3, -0.25) is 0 Å². The lowest BCUT2D eigenvalue weighted by Gasteiger charge is -2.22. The van der Waals surface area contributed by atoms with Gasteiger partial charge in [-0.25, -0.2) is 4.79 Å². The number of nitrogens with one attached hydrogen (secondary N) is 1. The van der Waals surface area contributed by atoms with Gasteiger partial charge in [0, 0.05) is 42.9 Å². The standard InChI is InChI=1S/C20H21N3O2/c1-22-12-15-10-11-23(13-14-4-3-5-18(22)19(14)15)20(24)21-16-6-8-17(25-2)9-7-16/h3-9,12H,10-11,13H2,1-2H3,(H,21,24). The molecule has 0 atom stereocenters. The molecule has 0 unspecified atom stereocenters. The van der Waals surface area contributed by atoms with Gasteiger partial charge in [0.25, 0.3) is 0 Å². The van der Waals surface area contributed by atoms with Crippen molar-refractivity contribution in [2.24, 2.45) is 7.05 Å². The van der Waals surface area contributed by atoms with Gasteiger partial charge in [0.2, 0.25) is 0 Å².